The highest BCUT2D eigenvalue weighted by Crippen LogP contribution is 2.28. The lowest BCUT2D eigenvalue weighted by Gasteiger charge is -2.30. The minimum absolute atomic E-state index is 0.0181. The summed E-state index contributed by atoms with van der Waals surface area (Å²) in [6, 6.07) is 1.73. The van der Waals surface area contributed by atoms with Gasteiger partial charge in [-0.3, -0.25) is 9.59 Å². The molecule has 1 aliphatic carbocycles. The van der Waals surface area contributed by atoms with Gasteiger partial charge in [-0.25, -0.2) is 0 Å². The molecule has 0 spiro atoms. The van der Waals surface area contributed by atoms with Crippen LogP contribution in [0.2, 0.25) is 0 Å². The third-order valence-corrected chi connectivity index (χ3v) is 5.43. The van der Waals surface area contributed by atoms with E-state index in [1.165, 1.54) is 10.6 Å². The Kier molecular flexibility index (Phi) is 5.61. The molecule has 1 aromatic rings. The fraction of sp³-hybridized carbons (Fsp3) is 0.647. The van der Waals surface area contributed by atoms with Crippen LogP contribution in [0.25, 0.3) is 0 Å². The number of ether oxygens (including phenoxy) is 1. The summed E-state index contributed by atoms with van der Waals surface area (Å²) in [4.78, 5) is 23.9. The van der Waals surface area contributed by atoms with E-state index in [2.05, 4.69) is 26.6 Å². The first-order valence-electron chi connectivity index (χ1n) is 8.59. The Bertz CT molecular complexity index is 647. The number of hydrogen-bond donors (Lipinski definition) is 2. The standard InChI is InChI=1S/C17H24BrN3O3/c1-21-10-13(18)15(9-16(21)22)24-12-6-4-11(5-7-12)20-17(23)14-3-2-8-19-14/h9-12,14,19H,2-8H2,1H3,(H,20,23)/t11?,12?,14-/m1/s1. The van der Waals surface area contributed by atoms with Crippen LogP contribution in [0.4, 0.5) is 0 Å². The Morgan fingerprint density at radius 1 is 1.33 bits per heavy atom. The van der Waals surface area contributed by atoms with Crippen LogP contribution in [0.3, 0.4) is 0 Å². The molecule has 0 unspecified atom stereocenters. The maximum Gasteiger partial charge on any atom is 0.254 e. The highest BCUT2D eigenvalue weighted by molar-refractivity contribution is 9.10. The summed E-state index contributed by atoms with van der Waals surface area (Å²) < 4.78 is 8.29. The Labute approximate surface area is 150 Å². The second-order valence-corrected chi connectivity index (χ2v) is 7.54. The number of aryl methyl sites for hydroxylation is 1. The maximum atomic E-state index is 12.2. The van der Waals surface area contributed by atoms with Crippen molar-refractivity contribution in [2.45, 2.75) is 56.7 Å². The van der Waals surface area contributed by atoms with E-state index in [9.17, 15) is 9.59 Å². The molecule has 24 heavy (non-hydrogen) atoms. The van der Waals surface area contributed by atoms with Gasteiger partial charge in [0.15, 0.2) is 0 Å². The molecule has 1 saturated carbocycles. The molecule has 2 heterocycles. The van der Waals surface area contributed by atoms with Crippen molar-refractivity contribution >= 4 is 21.8 Å². The number of hydrogen-bond acceptors (Lipinski definition) is 4. The van der Waals surface area contributed by atoms with E-state index in [-0.39, 0.29) is 29.7 Å². The van der Waals surface area contributed by atoms with Gasteiger partial charge in [0.25, 0.3) is 5.56 Å². The van der Waals surface area contributed by atoms with Gasteiger partial charge in [-0.05, 0) is 61.0 Å². The van der Waals surface area contributed by atoms with E-state index in [1.807, 2.05) is 0 Å². The van der Waals surface area contributed by atoms with Gasteiger partial charge in [0, 0.05) is 25.4 Å². The SMILES string of the molecule is Cn1cc(Br)c(OC2CCC(NC(=O)[C@H]3CCCN3)CC2)cc1=O. The minimum atomic E-state index is -0.0850. The van der Waals surface area contributed by atoms with Gasteiger partial charge < -0.3 is 19.9 Å². The number of rotatable bonds is 4. The van der Waals surface area contributed by atoms with Crippen LogP contribution < -0.4 is 20.9 Å². The first kappa shape index (κ1) is 17.5. The number of carbonyl (C=O) groups is 1. The summed E-state index contributed by atoms with van der Waals surface area (Å²) in [6.45, 7) is 0.935. The van der Waals surface area contributed by atoms with Crippen molar-refractivity contribution < 1.29 is 9.53 Å². The molecule has 2 aliphatic rings. The fourth-order valence-electron chi connectivity index (χ4n) is 3.39. The molecule has 0 bridgehead atoms. The van der Waals surface area contributed by atoms with Crippen LogP contribution in [-0.4, -0.2) is 35.2 Å². The van der Waals surface area contributed by atoms with Gasteiger partial charge in [0.05, 0.1) is 16.6 Å². The molecule has 1 amide bonds. The van der Waals surface area contributed by atoms with E-state index < -0.39 is 0 Å². The molecule has 132 valence electrons. The van der Waals surface area contributed by atoms with Crippen molar-refractivity contribution in [2.24, 2.45) is 7.05 Å². The molecule has 1 atom stereocenters. The zero-order valence-electron chi connectivity index (χ0n) is 13.9. The first-order chi connectivity index (χ1) is 11.5. The molecular weight excluding hydrogens is 374 g/mol. The number of amides is 1. The smallest absolute Gasteiger partial charge is 0.254 e. The summed E-state index contributed by atoms with van der Waals surface area (Å²) in [5, 5.41) is 6.38. The van der Waals surface area contributed by atoms with Crippen LogP contribution in [0.1, 0.15) is 38.5 Å². The summed E-state index contributed by atoms with van der Waals surface area (Å²) in [7, 11) is 1.71. The van der Waals surface area contributed by atoms with E-state index in [0.717, 1.165) is 49.5 Å². The quantitative estimate of drug-likeness (QED) is 0.810. The highest BCUT2D eigenvalue weighted by Gasteiger charge is 2.28. The summed E-state index contributed by atoms with van der Waals surface area (Å²) in [6.07, 6.45) is 7.39. The number of halogens is 1. The topological polar surface area (TPSA) is 72.4 Å². The number of nitrogens with one attached hydrogen (secondary N) is 2. The predicted molar refractivity (Wildman–Crippen MR) is 95.2 cm³/mol. The van der Waals surface area contributed by atoms with E-state index in [4.69, 9.17) is 4.74 Å². The lowest BCUT2D eigenvalue weighted by Crippen LogP contribution is -2.47. The summed E-state index contributed by atoms with van der Waals surface area (Å²) in [5.41, 5.74) is -0.0850. The average molecular weight is 398 g/mol. The number of pyridine rings is 1. The molecule has 7 heteroatoms. The van der Waals surface area contributed by atoms with Gasteiger partial charge in [0.2, 0.25) is 5.91 Å². The molecule has 1 aromatic heterocycles. The van der Waals surface area contributed by atoms with E-state index >= 15 is 0 Å². The van der Waals surface area contributed by atoms with Crippen molar-refractivity contribution in [2.75, 3.05) is 6.54 Å². The zero-order valence-corrected chi connectivity index (χ0v) is 15.5. The van der Waals surface area contributed by atoms with Gasteiger partial charge in [0.1, 0.15) is 5.75 Å². The second-order valence-electron chi connectivity index (χ2n) is 6.68. The molecule has 6 nitrogen and oxygen atoms in total. The molecular formula is C17H24BrN3O3. The van der Waals surface area contributed by atoms with Gasteiger partial charge in [-0.1, -0.05) is 0 Å². The Morgan fingerprint density at radius 3 is 2.75 bits per heavy atom. The van der Waals surface area contributed by atoms with Gasteiger partial charge in [-0.15, -0.1) is 0 Å². The monoisotopic (exact) mass is 397 g/mol. The molecule has 2 N–H and O–H groups in total. The summed E-state index contributed by atoms with van der Waals surface area (Å²) >= 11 is 3.44. The van der Waals surface area contributed by atoms with Crippen LogP contribution in [-0.2, 0) is 11.8 Å². The van der Waals surface area contributed by atoms with Crippen molar-refractivity contribution in [3.63, 3.8) is 0 Å². The molecule has 3 rings (SSSR count). The first-order valence-corrected chi connectivity index (χ1v) is 9.39. The molecule has 2 fully saturated rings. The maximum absolute atomic E-state index is 12.2. The largest absolute Gasteiger partial charge is 0.489 e. The van der Waals surface area contributed by atoms with Crippen LogP contribution in [0.5, 0.6) is 5.75 Å². The van der Waals surface area contributed by atoms with E-state index in [1.54, 1.807) is 13.2 Å². The highest BCUT2D eigenvalue weighted by atomic mass is 79.9. The third-order valence-electron chi connectivity index (χ3n) is 4.84. The minimum Gasteiger partial charge on any atom is -0.489 e. The Balaban J connectivity index is 1.49. The van der Waals surface area contributed by atoms with Gasteiger partial charge >= 0.3 is 0 Å². The van der Waals surface area contributed by atoms with Crippen molar-refractivity contribution in [3.05, 3.63) is 27.1 Å². The zero-order chi connectivity index (χ0) is 17.1. The summed E-state index contributed by atoms with van der Waals surface area (Å²) in [5.74, 6) is 0.729. The number of nitrogens with zero attached hydrogens (tertiary/aromatic N) is 1. The third kappa shape index (κ3) is 4.19. The fourth-order valence-corrected chi connectivity index (χ4v) is 3.90. The van der Waals surface area contributed by atoms with Crippen LogP contribution in [0.15, 0.2) is 21.5 Å². The predicted octanol–water partition coefficient (Wildman–Crippen LogP) is 1.71. The number of carbonyl (C=O) groups excluding carboxylic acids is 1. The van der Waals surface area contributed by atoms with Gasteiger partial charge in [-0.2, -0.15) is 0 Å². The molecule has 0 radical (unpaired) electrons. The van der Waals surface area contributed by atoms with Crippen LogP contribution in [0, 0.1) is 0 Å². The Morgan fingerprint density at radius 2 is 2.08 bits per heavy atom. The molecule has 1 aliphatic heterocycles. The normalized spacial score (nSPS) is 27.0. The molecule has 0 aromatic carbocycles. The Hall–Kier alpha value is -1.34. The second kappa shape index (κ2) is 7.70. The lowest BCUT2D eigenvalue weighted by atomic mass is 9.92. The average Bonchev–Trinajstić information content (AvgIpc) is 3.09. The van der Waals surface area contributed by atoms with Crippen LogP contribution >= 0.6 is 15.9 Å². The van der Waals surface area contributed by atoms with E-state index in [0.29, 0.717) is 5.75 Å². The number of aromatic nitrogens is 1. The molecule has 1 saturated heterocycles. The van der Waals surface area contributed by atoms with Crippen molar-refractivity contribution in [1.82, 2.24) is 15.2 Å². The van der Waals surface area contributed by atoms with Crippen molar-refractivity contribution in [1.29, 1.82) is 0 Å². The van der Waals surface area contributed by atoms with Crippen molar-refractivity contribution in [3.8, 4) is 5.75 Å². The lowest BCUT2D eigenvalue weighted by molar-refractivity contribution is -0.123.